The Morgan fingerprint density at radius 2 is 1.71 bits per heavy atom. The van der Waals surface area contributed by atoms with Gasteiger partial charge in [-0.05, 0) is 47.0 Å². The fraction of sp³-hybridized carbons (Fsp3) is 1.00. The molecule has 3 heteroatoms. The largest absolute Gasteiger partial charge is 0.315 e. The van der Waals surface area contributed by atoms with E-state index >= 15 is 0 Å². The Kier molecular flexibility index (Phi) is 7.09. The minimum absolute atomic E-state index is 0.683. The maximum atomic E-state index is 3.54. The molecule has 1 N–H and O–H groups in total. The van der Waals surface area contributed by atoms with Crippen molar-refractivity contribution >= 4 is 0 Å². The van der Waals surface area contributed by atoms with Gasteiger partial charge in [0.25, 0.3) is 0 Å². The van der Waals surface area contributed by atoms with Crippen LogP contribution in [0.1, 0.15) is 32.1 Å². The first-order valence-electron chi connectivity index (χ1n) is 7.14. The lowest BCUT2D eigenvalue weighted by Crippen LogP contribution is -2.44. The molecule has 17 heavy (non-hydrogen) atoms. The first-order chi connectivity index (χ1) is 8.13. The zero-order valence-electron chi connectivity index (χ0n) is 12.2. The van der Waals surface area contributed by atoms with Crippen LogP contribution in [-0.4, -0.2) is 63.7 Å². The van der Waals surface area contributed by atoms with Crippen LogP contribution < -0.4 is 5.32 Å². The summed E-state index contributed by atoms with van der Waals surface area (Å²) in [5, 5.41) is 3.54. The Labute approximate surface area is 108 Å². The highest BCUT2D eigenvalue weighted by molar-refractivity contribution is 4.80. The van der Waals surface area contributed by atoms with Crippen LogP contribution in [0.5, 0.6) is 0 Å². The van der Waals surface area contributed by atoms with E-state index in [2.05, 4.69) is 43.3 Å². The number of hydrogen-bond donors (Lipinski definition) is 1. The van der Waals surface area contributed by atoms with Crippen LogP contribution in [0.2, 0.25) is 0 Å². The van der Waals surface area contributed by atoms with Crippen molar-refractivity contribution in [2.24, 2.45) is 5.92 Å². The highest BCUT2D eigenvalue weighted by atomic mass is 15.2. The standard InChI is InChI=1S/C14H31N3/c1-15-14(13-8-6-5-7-9-13)12-17(4)11-10-16(2)3/h13-15H,5-12H2,1-4H3. The lowest BCUT2D eigenvalue weighted by Gasteiger charge is -2.33. The Balaban J connectivity index is 2.29. The summed E-state index contributed by atoms with van der Waals surface area (Å²) in [6.07, 6.45) is 7.16. The molecule has 0 amide bonds. The molecule has 1 fully saturated rings. The van der Waals surface area contributed by atoms with Gasteiger partial charge < -0.3 is 15.1 Å². The van der Waals surface area contributed by atoms with Crippen LogP contribution in [0.3, 0.4) is 0 Å². The SMILES string of the molecule is CNC(CN(C)CCN(C)C)C1CCCCC1. The molecule has 0 aromatic rings. The summed E-state index contributed by atoms with van der Waals surface area (Å²) in [4.78, 5) is 4.72. The second-order valence-electron chi connectivity index (χ2n) is 5.86. The molecule has 0 heterocycles. The molecule has 0 aliphatic heterocycles. The van der Waals surface area contributed by atoms with E-state index in [0.717, 1.165) is 19.0 Å². The molecule has 0 bridgehead atoms. The van der Waals surface area contributed by atoms with Gasteiger partial charge >= 0.3 is 0 Å². The van der Waals surface area contributed by atoms with Gasteiger partial charge in [-0.25, -0.2) is 0 Å². The maximum Gasteiger partial charge on any atom is 0.0220 e. The second-order valence-corrected chi connectivity index (χ2v) is 5.86. The van der Waals surface area contributed by atoms with Crippen molar-refractivity contribution in [2.75, 3.05) is 47.8 Å². The maximum absolute atomic E-state index is 3.54. The number of hydrogen-bond acceptors (Lipinski definition) is 3. The molecule has 0 aromatic carbocycles. The summed E-state index contributed by atoms with van der Waals surface area (Å²) < 4.78 is 0. The summed E-state index contributed by atoms with van der Waals surface area (Å²) in [5.41, 5.74) is 0. The third-order valence-corrected chi connectivity index (χ3v) is 4.03. The van der Waals surface area contributed by atoms with Crippen LogP contribution in [0.4, 0.5) is 0 Å². The summed E-state index contributed by atoms with van der Waals surface area (Å²) in [7, 11) is 8.66. The van der Waals surface area contributed by atoms with Gasteiger partial charge in [0.05, 0.1) is 0 Å². The fourth-order valence-corrected chi connectivity index (χ4v) is 2.81. The van der Waals surface area contributed by atoms with Crippen molar-refractivity contribution < 1.29 is 0 Å². The van der Waals surface area contributed by atoms with Crippen LogP contribution in [0.15, 0.2) is 0 Å². The molecule has 1 saturated carbocycles. The quantitative estimate of drug-likeness (QED) is 0.731. The highest BCUT2D eigenvalue weighted by Crippen LogP contribution is 2.26. The zero-order valence-corrected chi connectivity index (χ0v) is 12.2. The van der Waals surface area contributed by atoms with E-state index in [-0.39, 0.29) is 0 Å². The Hall–Kier alpha value is -0.120. The molecule has 0 aromatic heterocycles. The molecular weight excluding hydrogens is 210 g/mol. The Bertz CT molecular complexity index is 188. The Morgan fingerprint density at radius 3 is 2.24 bits per heavy atom. The lowest BCUT2D eigenvalue weighted by molar-refractivity contribution is 0.201. The molecule has 3 nitrogen and oxygen atoms in total. The van der Waals surface area contributed by atoms with Gasteiger partial charge in [-0.3, -0.25) is 0 Å². The van der Waals surface area contributed by atoms with E-state index in [0.29, 0.717) is 6.04 Å². The van der Waals surface area contributed by atoms with E-state index < -0.39 is 0 Å². The molecule has 1 aliphatic rings. The number of likely N-dealkylation sites (N-methyl/N-ethyl adjacent to an activating group) is 3. The monoisotopic (exact) mass is 241 g/mol. The van der Waals surface area contributed by atoms with Crippen molar-refractivity contribution in [3.05, 3.63) is 0 Å². The van der Waals surface area contributed by atoms with Crippen LogP contribution >= 0.6 is 0 Å². The smallest absolute Gasteiger partial charge is 0.0220 e. The molecular formula is C14H31N3. The third kappa shape index (κ3) is 5.84. The Morgan fingerprint density at radius 1 is 1.06 bits per heavy atom. The summed E-state index contributed by atoms with van der Waals surface area (Å²) in [6, 6.07) is 0.683. The number of nitrogens with one attached hydrogen (secondary N) is 1. The van der Waals surface area contributed by atoms with Crippen LogP contribution in [0.25, 0.3) is 0 Å². The van der Waals surface area contributed by atoms with Gasteiger partial charge in [0.2, 0.25) is 0 Å². The van der Waals surface area contributed by atoms with E-state index in [1.54, 1.807) is 0 Å². The fourth-order valence-electron chi connectivity index (χ4n) is 2.81. The molecule has 1 unspecified atom stereocenters. The van der Waals surface area contributed by atoms with Gasteiger partial charge in [0.15, 0.2) is 0 Å². The molecule has 0 saturated heterocycles. The van der Waals surface area contributed by atoms with Crippen molar-refractivity contribution in [1.82, 2.24) is 15.1 Å². The summed E-state index contributed by atoms with van der Waals surface area (Å²) >= 11 is 0. The predicted octanol–water partition coefficient (Wildman–Crippen LogP) is 1.65. The van der Waals surface area contributed by atoms with E-state index in [9.17, 15) is 0 Å². The molecule has 0 radical (unpaired) electrons. The zero-order chi connectivity index (χ0) is 12.7. The van der Waals surface area contributed by atoms with Crippen molar-refractivity contribution in [3.63, 3.8) is 0 Å². The molecule has 1 aliphatic carbocycles. The number of rotatable bonds is 7. The lowest BCUT2D eigenvalue weighted by atomic mass is 9.84. The van der Waals surface area contributed by atoms with Crippen molar-refractivity contribution in [3.8, 4) is 0 Å². The third-order valence-electron chi connectivity index (χ3n) is 4.03. The van der Waals surface area contributed by atoms with Gasteiger partial charge in [0, 0.05) is 25.7 Å². The van der Waals surface area contributed by atoms with Gasteiger partial charge in [0.1, 0.15) is 0 Å². The molecule has 1 atom stereocenters. The topological polar surface area (TPSA) is 18.5 Å². The number of nitrogens with zero attached hydrogens (tertiary/aromatic N) is 2. The average molecular weight is 241 g/mol. The summed E-state index contributed by atoms with van der Waals surface area (Å²) in [5.74, 6) is 0.899. The van der Waals surface area contributed by atoms with Crippen molar-refractivity contribution in [1.29, 1.82) is 0 Å². The first-order valence-corrected chi connectivity index (χ1v) is 7.14. The molecule has 0 spiro atoms. The van der Waals surface area contributed by atoms with E-state index in [1.165, 1.54) is 38.6 Å². The summed E-state index contributed by atoms with van der Waals surface area (Å²) in [6.45, 7) is 3.50. The van der Waals surface area contributed by atoms with Crippen LogP contribution in [0, 0.1) is 5.92 Å². The van der Waals surface area contributed by atoms with E-state index in [4.69, 9.17) is 0 Å². The van der Waals surface area contributed by atoms with Gasteiger partial charge in [-0.2, -0.15) is 0 Å². The molecule has 102 valence electrons. The van der Waals surface area contributed by atoms with Crippen molar-refractivity contribution in [2.45, 2.75) is 38.1 Å². The molecule has 1 rings (SSSR count). The van der Waals surface area contributed by atoms with E-state index in [1.807, 2.05) is 0 Å². The average Bonchev–Trinajstić information content (AvgIpc) is 2.34. The minimum Gasteiger partial charge on any atom is -0.315 e. The first kappa shape index (κ1) is 14.9. The van der Waals surface area contributed by atoms with Crippen LogP contribution in [-0.2, 0) is 0 Å². The highest BCUT2D eigenvalue weighted by Gasteiger charge is 2.23. The predicted molar refractivity (Wildman–Crippen MR) is 75.5 cm³/mol. The normalized spacial score (nSPS) is 20.1. The minimum atomic E-state index is 0.683. The second kappa shape index (κ2) is 8.06. The van der Waals surface area contributed by atoms with Gasteiger partial charge in [-0.1, -0.05) is 19.3 Å². The van der Waals surface area contributed by atoms with Gasteiger partial charge in [-0.15, -0.1) is 0 Å².